The SMILES string of the molecule is OC[C@H]1CC2O[C@H]3[C@H](O)[C@@H](O)C(O[C@H]4[C@H](O)[C@@H](O)C(OC5[C@@H](CO)OC(OC6[C@@H](CO)OC(O[C@H]7[C@H](O)[C@@H](O)C(O[C@H]1[C@H](O)[C@H]2O)O[C@@H]7CO)[C@H](O)[C@H]6O)[C@H](O)[C@H]5O)O[C@@H]4CO)O[C@@H]3CO. The highest BCUT2D eigenvalue weighted by Gasteiger charge is 2.58. The lowest BCUT2D eigenvalue weighted by atomic mass is 9.80. The Morgan fingerprint density at radius 2 is 0.470 bits per heavy atom. The normalized spacial score (nSPS) is 55.4. The zero-order valence-electron chi connectivity index (χ0n) is 34.8. The summed E-state index contributed by atoms with van der Waals surface area (Å²) in [6.45, 7) is -5.65. The van der Waals surface area contributed by atoms with E-state index in [1.54, 1.807) is 0 Å². The largest absolute Gasteiger partial charge is 0.396 e. The number of rotatable bonds is 6. The fourth-order valence-electron chi connectivity index (χ4n) is 9.41. The van der Waals surface area contributed by atoms with Gasteiger partial charge in [0.15, 0.2) is 31.5 Å². The van der Waals surface area contributed by atoms with Crippen LogP contribution in [0.5, 0.6) is 0 Å². The minimum Gasteiger partial charge on any atom is -0.396 e. The second-order valence-electron chi connectivity index (χ2n) is 17.3. The Morgan fingerprint density at radius 3 is 0.712 bits per heavy atom. The highest BCUT2D eigenvalue weighted by atomic mass is 16.8. The van der Waals surface area contributed by atoms with Gasteiger partial charge in [0.1, 0.15) is 134 Å². The topological polar surface area (TPSA) is 466 Å². The van der Waals surface area contributed by atoms with Crippen LogP contribution in [0.25, 0.3) is 0 Å². The van der Waals surface area contributed by atoms with Crippen LogP contribution in [0.4, 0.5) is 0 Å². The van der Waals surface area contributed by atoms with Gasteiger partial charge in [-0.2, -0.15) is 0 Å². The Balaban J connectivity index is 1.19. The molecule has 0 radical (unpaired) electrons. The van der Waals surface area contributed by atoms with E-state index < -0.39 is 224 Å². The van der Waals surface area contributed by atoms with Crippen LogP contribution in [-0.2, 0) is 52.1 Å². The molecule has 12 bridgehead atoms. The summed E-state index contributed by atoms with van der Waals surface area (Å²) in [4.78, 5) is 0. The predicted molar refractivity (Wildman–Crippen MR) is 199 cm³/mol. The van der Waals surface area contributed by atoms with E-state index in [2.05, 4.69) is 0 Å². The van der Waals surface area contributed by atoms with Crippen LogP contribution in [0, 0.1) is 5.92 Å². The molecule has 21 aliphatic heterocycles. The molecule has 21 heterocycles. The van der Waals surface area contributed by atoms with Crippen LogP contribution in [-0.4, -0.2) is 310 Å². The summed E-state index contributed by atoms with van der Waals surface area (Å²) in [5.41, 5.74) is 0. The van der Waals surface area contributed by atoms with Crippen molar-refractivity contribution in [2.75, 3.05) is 39.6 Å². The first-order chi connectivity index (χ1) is 31.4. The maximum Gasteiger partial charge on any atom is 0.187 e. The van der Waals surface area contributed by atoms with Crippen molar-refractivity contribution >= 4 is 0 Å². The zero-order chi connectivity index (χ0) is 48.0. The molecule has 29 heteroatoms. The third kappa shape index (κ3) is 10.0. The van der Waals surface area contributed by atoms with Gasteiger partial charge in [0.05, 0.1) is 45.2 Å². The highest BCUT2D eigenvalue weighted by molar-refractivity contribution is 5.02. The van der Waals surface area contributed by atoms with Crippen LogP contribution >= 0.6 is 0 Å². The van der Waals surface area contributed by atoms with E-state index in [4.69, 9.17) is 52.1 Å². The molecule has 0 aromatic rings. The maximum atomic E-state index is 11.3. The molecule has 21 saturated heterocycles. The molecule has 0 spiro atoms. The summed E-state index contributed by atoms with van der Waals surface area (Å²) in [5.74, 6) is -1.17. The molecule has 30 atom stereocenters. The van der Waals surface area contributed by atoms with Crippen molar-refractivity contribution in [2.45, 2.75) is 184 Å². The lowest BCUT2D eigenvalue weighted by Crippen LogP contribution is -2.68. The second kappa shape index (κ2) is 22.1. The van der Waals surface area contributed by atoms with Crippen molar-refractivity contribution in [3.05, 3.63) is 0 Å². The van der Waals surface area contributed by atoms with Crippen molar-refractivity contribution < 1.29 is 144 Å². The van der Waals surface area contributed by atoms with Gasteiger partial charge < -0.3 is 144 Å². The number of hydrogen-bond donors (Lipinski definition) is 18. The van der Waals surface area contributed by atoms with Crippen LogP contribution in [0.3, 0.4) is 0 Å². The van der Waals surface area contributed by atoms with Crippen LogP contribution in [0.15, 0.2) is 0 Å². The van der Waals surface area contributed by atoms with Gasteiger partial charge in [0, 0.05) is 12.5 Å². The number of aliphatic hydroxyl groups excluding tert-OH is 18. The summed E-state index contributed by atoms with van der Waals surface area (Å²) in [7, 11) is 0. The van der Waals surface area contributed by atoms with Gasteiger partial charge >= 0.3 is 0 Å². The van der Waals surface area contributed by atoms with E-state index in [9.17, 15) is 91.9 Å². The van der Waals surface area contributed by atoms with Gasteiger partial charge in [-0.15, -0.1) is 0 Å². The van der Waals surface area contributed by atoms with Gasteiger partial charge in [-0.25, -0.2) is 0 Å². The van der Waals surface area contributed by atoms with Crippen LogP contribution in [0.2, 0.25) is 0 Å². The highest BCUT2D eigenvalue weighted by Crippen LogP contribution is 2.39. The Morgan fingerprint density at radius 1 is 0.242 bits per heavy atom. The monoisotopic (exact) mass is 970 g/mol. The number of hydrogen-bond acceptors (Lipinski definition) is 29. The van der Waals surface area contributed by atoms with Crippen molar-refractivity contribution in [1.82, 2.24) is 0 Å². The van der Waals surface area contributed by atoms with E-state index in [1.165, 1.54) is 0 Å². The average molecular weight is 971 g/mol. The fraction of sp³-hybridized carbons (Fsp3) is 1.00. The van der Waals surface area contributed by atoms with E-state index in [0.717, 1.165) is 0 Å². The first-order valence-electron chi connectivity index (χ1n) is 21.4. The van der Waals surface area contributed by atoms with Gasteiger partial charge in [-0.05, 0) is 6.42 Å². The van der Waals surface area contributed by atoms with Crippen LogP contribution in [0.1, 0.15) is 6.42 Å². The Labute approximate surface area is 373 Å². The molecule has 8 unspecified atom stereocenters. The summed E-state index contributed by atoms with van der Waals surface area (Å²) < 4.78 is 62.8. The molecule has 18 N–H and O–H groups in total. The molecule has 1 saturated carbocycles. The van der Waals surface area contributed by atoms with Crippen molar-refractivity contribution in [3.63, 3.8) is 0 Å². The minimum atomic E-state index is -2.14. The van der Waals surface area contributed by atoms with E-state index in [0.29, 0.717) is 0 Å². The molecule has 22 rings (SSSR count). The Hall–Kier alpha value is -1.16. The van der Waals surface area contributed by atoms with E-state index in [1.807, 2.05) is 0 Å². The molecule has 384 valence electrons. The molecular formula is C37H62O29. The minimum absolute atomic E-state index is 0.374. The molecular weight excluding hydrogens is 908 g/mol. The standard InChI is InChI=1S/C37H62O29/c38-2-8-1-9-15(44)16(45)27(8)62-33-23(52)18(47)29(11(4-40)58-33)64-35-25(54)20(49)31(13(6-42)60-35)66-37-26(55)21(50)32(14(7-43)61-37)65-36-24(53)19(48)30(12(5-41)59-36)63-34-22(51)17(46)28(56-9)10(3-39)57-34/h8-55H,1-7H2/t8-,9?,10-,11-,12-,13-,14-,15+,16-,17-,18-,19-,20-,21-,22-,23-,24-,25-,26-,27-,28-,29-,30-,31?,32?,33?,34?,35?,36?,37?/m1/s1. The first kappa shape index (κ1) is 52.7. The summed E-state index contributed by atoms with van der Waals surface area (Å²) in [5, 5.41) is 196. The Bertz CT molecular complexity index is 1230. The molecule has 0 aromatic heterocycles. The van der Waals surface area contributed by atoms with Gasteiger partial charge in [-0.3, -0.25) is 0 Å². The van der Waals surface area contributed by atoms with Crippen molar-refractivity contribution in [1.29, 1.82) is 0 Å². The third-order valence-electron chi connectivity index (χ3n) is 13.2. The first-order valence-corrected chi connectivity index (χ1v) is 21.4. The molecule has 22 aliphatic rings. The van der Waals surface area contributed by atoms with Crippen LogP contribution < -0.4 is 0 Å². The predicted octanol–water partition coefficient (Wildman–Crippen LogP) is -12.4. The zero-order valence-corrected chi connectivity index (χ0v) is 34.8. The molecule has 0 aromatic carbocycles. The van der Waals surface area contributed by atoms with Crippen molar-refractivity contribution in [2.24, 2.45) is 5.92 Å². The fourth-order valence-corrected chi connectivity index (χ4v) is 9.41. The molecule has 66 heavy (non-hydrogen) atoms. The molecule has 29 nitrogen and oxygen atoms in total. The van der Waals surface area contributed by atoms with E-state index in [-0.39, 0.29) is 6.42 Å². The summed E-state index contributed by atoms with van der Waals surface area (Å²) in [6.07, 6.45) is -55.3. The number of aliphatic hydroxyl groups is 18. The van der Waals surface area contributed by atoms with Gasteiger partial charge in [0.25, 0.3) is 0 Å². The molecule has 1 aliphatic carbocycles. The van der Waals surface area contributed by atoms with Crippen molar-refractivity contribution in [3.8, 4) is 0 Å². The maximum absolute atomic E-state index is 11.3. The van der Waals surface area contributed by atoms with Gasteiger partial charge in [-0.1, -0.05) is 0 Å². The van der Waals surface area contributed by atoms with Gasteiger partial charge in [0.2, 0.25) is 0 Å². The lowest BCUT2D eigenvalue weighted by Gasteiger charge is -2.50. The smallest absolute Gasteiger partial charge is 0.187 e. The average Bonchev–Trinajstić information content (AvgIpc) is 3.31. The number of ether oxygens (including phenoxy) is 11. The van der Waals surface area contributed by atoms with E-state index >= 15 is 0 Å². The quantitative estimate of drug-likeness (QED) is 0.117. The molecule has 0 amide bonds. The third-order valence-corrected chi connectivity index (χ3v) is 13.2. The molecule has 22 fully saturated rings. The second-order valence-corrected chi connectivity index (χ2v) is 17.3. The Kier molecular flexibility index (Phi) is 17.6. The summed E-state index contributed by atoms with van der Waals surface area (Å²) >= 11 is 0. The summed E-state index contributed by atoms with van der Waals surface area (Å²) in [6, 6.07) is 0. The lowest BCUT2D eigenvalue weighted by molar-refractivity contribution is -0.396.